The molecule has 0 fully saturated rings. The van der Waals surface area contributed by atoms with Crippen LogP contribution in [0.1, 0.15) is 44.2 Å². The third-order valence-electron chi connectivity index (χ3n) is 3.66. The molecule has 26 heavy (non-hydrogen) atoms. The molecule has 0 spiro atoms. The summed E-state index contributed by atoms with van der Waals surface area (Å²) in [4.78, 5) is 4.52. The van der Waals surface area contributed by atoms with E-state index in [1.54, 1.807) is 0 Å². The van der Waals surface area contributed by atoms with Crippen molar-refractivity contribution < 1.29 is 13.2 Å². The number of nitrogens with one attached hydrogen (secondary N) is 2. The van der Waals surface area contributed by atoms with E-state index in [9.17, 15) is 8.42 Å². The Hall–Kier alpha value is -1.80. The summed E-state index contributed by atoms with van der Waals surface area (Å²) >= 11 is 0. The fourth-order valence-corrected chi connectivity index (χ4v) is 2.67. The normalized spacial score (nSPS) is 12.1. The van der Waals surface area contributed by atoms with Gasteiger partial charge >= 0.3 is 0 Å². The van der Waals surface area contributed by atoms with Crippen LogP contribution in [0, 0.1) is 6.92 Å². The van der Waals surface area contributed by atoms with Crippen molar-refractivity contribution in [2.24, 2.45) is 10.1 Å². The van der Waals surface area contributed by atoms with Crippen molar-refractivity contribution in [3.05, 3.63) is 29.3 Å². The molecule has 1 aromatic rings. The number of hydrogen-bond donors (Lipinski definition) is 3. The van der Waals surface area contributed by atoms with Crippen molar-refractivity contribution in [3.63, 3.8) is 0 Å². The second kappa shape index (κ2) is 11.7. The maximum absolute atomic E-state index is 11.0. The number of sulfonamides is 1. The summed E-state index contributed by atoms with van der Waals surface area (Å²) in [6.07, 6.45) is 3.34. The van der Waals surface area contributed by atoms with Gasteiger partial charge in [0.1, 0.15) is 5.75 Å². The first kappa shape index (κ1) is 22.2. The van der Waals surface area contributed by atoms with Gasteiger partial charge in [-0.25, -0.2) is 18.5 Å². The summed E-state index contributed by atoms with van der Waals surface area (Å²) in [6, 6.07) is 6.07. The molecule has 0 saturated carbocycles. The highest BCUT2D eigenvalue weighted by molar-refractivity contribution is 7.89. The molecule has 148 valence electrons. The van der Waals surface area contributed by atoms with E-state index in [0.717, 1.165) is 36.1 Å². The van der Waals surface area contributed by atoms with Crippen LogP contribution in [0.3, 0.4) is 0 Å². The first-order valence-electron chi connectivity index (χ1n) is 9.10. The Bertz CT molecular complexity index is 675. The Morgan fingerprint density at radius 1 is 1.23 bits per heavy atom. The Morgan fingerprint density at radius 2 is 2.00 bits per heavy atom. The maximum atomic E-state index is 11.0. The fourth-order valence-electron chi connectivity index (χ4n) is 2.28. The summed E-state index contributed by atoms with van der Waals surface area (Å²) in [5.74, 6) is 1.26. The molecular formula is C18H32N4O3S. The van der Waals surface area contributed by atoms with Crippen LogP contribution in [0.4, 0.5) is 0 Å². The number of aryl methyl sites for hydroxylation is 1. The zero-order chi connectivity index (χ0) is 19.4. The maximum Gasteiger partial charge on any atom is 0.210 e. The molecule has 7 nitrogen and oxygen atoms in total. The van der Waals surface area contributed by atoms with Gasteiger partial charge in [0.05, 0.1) is 18.9 Å². The number of benzene rings is 1. The molecule has 1 aromatic carbocycles. The van der Waals surface area contributed by atoms with Gasteiger partial charge in [-0.05, 0) is 31.9 Å². The van der Waals surface area contributed by atoms with Gasteiger partial charge in [-0.1, -0.05) is 31.9 Å². The monoisotopic (exact) mass is 384 g/mol. The average Bonchev–Trinajstić information content (AvgIpc) is 2.56. The quantitative estimate of drug-likeness (QED) is 0.307. The molecule has 0 atom stereocenters. The Balaban J connectivity index is 2.74. The van der Waals surface area contributed by atoms with Crippen molar-refractivity contribution in [1.29, 1.82) is 0 Å². The van der Waals surface area contributed by atoms with E-state index in [1.807, 2.05) is 32.0 Å². The summed E-state index contributed by atoms with van der Waals surface area (Å²) in [5.41, 5.74) is 2.14. The Labute approximate surface area is 157 Å². The average molecular weight is 385 g/mol. The lowest BCUT2D eigenvalue weighted by atomic mass is 10.1. The Kier molecular flexibility index (Phi) is 10.0. The molecular weight excluding hydrogens is 352 g/mol. The van der Waals surface area contributed by atoms with E-state index in [0.29, 0.717) is 25.7 Å². The highest BCUT2D eigenvalue weighted by atomic mass is 32.2. The van der Waals surface area contributed by atoms with Crippen LogP contribution in [0.2, 0.25) is 0 Å². The van der Waals surface area contributed by atoms with Gasteiger partial charge in [0.2, 0.25) is 10.0 Å². The minimum absolute atomic E-state index is 0.145. The van der Waals surface area contributed by atoms with E-state index in [1.165, 1.54) is 0 Å². The third-order valence-corrected chi connectivity index (χ3v) is 4.43. The minimum atomic E-state index is -3.49. The zero-order valence-corrected chi connectivity index (χ0v) is 16.9. The zero-order valence-electron chi connectivity index (χ0n) is 16.0. The lowest BCUT2D eigenvalue weighted by Gasteiger charge is -2.13. The van der Waals surface area contributed by atoms with Gasteiger partial charge in [0.15, 0.2) is 5.96 Å². The van der Waals surface area contributed by atoms with Crippen molar-refractivity contribution >= 4 is 16.0 Å². The van der Waals surface area contributed by atoms with Crippen LogP contribution < -0.4 is 20.5 Å². The lowest BCUT2D eigenvalue weighted by Crippen LogP contribution is -2.40. The highest BCUT2D eigenvalue weighted by Gasteiger charge is 2.06. The molecule has 0 aliphatic rings. The van der Waals surface area contributed by atoms with Crippen LogP contribution in [0.5, 0.6) is 5.75 Å². The van der Waals surface area contributed by atoms with Gasteiger partial charge in [0.25, 0.3) is 0 Å². The molecule has 0 bridgehead atoms. The number of aliphatic imine (C=N–C) groups is 1. The first-order chi connectivity index (χ1) is 12.4. The topological polar surface area (TPSA) is 106 Å². The van der Waals surface area contributed by atoms with Crippen molar-refractivity contribution in [2.45, 2.75) is 46.6 Å². The summed E-state index contributed by atoms with van der Waals surface area (Å²) in [5, 5.41) is 11.1. The molecule has 8 heteroatoms. The fraction of sp³-hybridized carbons (Fsp3) is 0.611. The molecule has 0 aromatic heterocycles. The molecule has 0 heterocycles. The molecule has 0 aliphatic heterocycles. The minimum Gasteiger partial charge on any atom is -0.493 e. The van der Waals surface area contributed by atoms with E-state index in [4.69, 9.17) is 9.88 Å². The van der Waals surface area contributed by atoms with Crippen LogP contribution in [0.15, 0.2) is 23.2 Å². The van der Waals surface area contributed by atoms with E-state index < -0.39 is 10.0 Å². The summed E-state index contributed by atoms with van der Waals surface area (Å²) < 4.78 is 28.0. The molecule has 1 rings (SSSR count). The summed E-state index contributed by atoms with van der Waals surface area (Å²) in [7, 11) is -3.49. The van der Waals surface area contributed by atoms with Crippen molar-refractivity contribution in [1.82, 2.24) is 10.6 Å². The van der Waals surface area contributed by atoms with Crippen molar-refractivity contribution in [2.75, 3.05) is 25.4 Å². The van der Waals surface area contributed by atoms with Crippen LogP contribution >= 0.6 is 0 Å². The third kappa shape index (κ3) is 9.62. The predicted octanol–water partition coefficient (Wildman–Crippen LogP) is 1.91. The molecule has 0 aliphatic carbocycles. The smallest absolute Gasteiger partial charge is 0.210 e. The lowest BCUT2D eigenvalue weighted by molar-refractivity contribution is 0.303. The molecule has 4 N–H and O–H groups in total. The SMILES string of the molecule is CCCCCOc1cc(C)ccc1CN=C(NCC)NCCS(N)(=O)=O. The van der Waals surface area contributed by atoms with Gasteiger partial charge in [-0.15, -0.1) is 0 Å². The van der Waals surface area contributed by atoms with Gasteiger partial charge in [-0.2, -0.15) is 0 Å². The number of hydrogen-bond acceptors (Lipinski definition) is 4. The van der Waals surface area contributed by atoms with Crippen LogP contribution in [-0.2, 0) is 16.6 Å². The van der Waals surface area contributed by atoms with E-state index in [2.05, 4.69) is 22.5 Å². The number of primary sulfonamides is 1. The second-order valence-electron chi connectivity index (χ2n) is 6.16. The summed E-state index contributed by atoms with van der Waals surface area (Å²) in [6.45, 7) is 8.16. The van der Waals surface area contributed by atoms with E-state index >= 15 is 0 Å². The molecule has 0 radical (unpaired) electrons. The van der Waals surface area contributed by atoms with E-state index in [-0.39, 0.29) is 12.3 Å². The highest BCUT2D eigenvalue weighted by Crippen LogP contribution is 2.21. The number of guanidine groups is 1. The van der Waals surface area contributed by atoms with Gasteiger partial charge in [0, 0.05) is 18.7 Å². The number of ether oxygens (including phenoxy) is 1. The predicted molar refractivity (Wildman–Crippen MR) is 107 cm³/mol. The van der Waals surface area contributed by atoms with Crippen molar-refractivity contribution in [3.8, 4) is 5.75 Å². The number of unbranched alkanes of at least 4 members (excludes halogenated alkanes) is 2. The number of rotatable bonds is 11. The molecule has 0 unspecified atom stereocenters. The second-order valence-corrected chi connectivity index (χ2v) is 7.89. The molecule has 0 amide bonds. The standard InChI is InChI=1S/C18H32N4O3S/c1-4-6-7-11-25-17-13-15(3)8-9-16(17)14-22-18(20-5-2)21-10-12-26(19,23)24/h8-9,13H,4-7,10-12,14H2,1-3H3,(H2,19,23,24)(H2,20,21,22). The van der Waals surface area contributed by atoms with Crippen LogP contribution in [0.25, 0.3) is 0 Å². The van der Waals surface area contributed by atoms with Gasteiger partial charge in [-0.3, -0.25) is 0 Å². The number of nitrogens with two attached hydrogens (primary N) is 1. The Morgan fingerprint density at radius 3 is 2.65 bits per heavy atom. The van der Waals surface area contributed by atoms with Crippen LogP contribution in [-0.4, -0.2) is 39.8 Å². The first-order valence-corrected chi connectivity index (χ1v) is 10.8. The number of nitrogens with zero attached hydrogens (tertiary/aromatic N) is 1. The van der Waals surface area contributed by atoms with Gasteiger partial charge < -0.3 is 15.4 Å². The molecule has 0 saturated heterocycles. The largest absolute Gasteiger partial charge is 0.493 e.